The summed E-state index contributed by atoms with van der Waals surface area (Å²) >= 11 is 3.43. The van der Waals surface area contributed by atoms with Crippen LogP contribution < -0.4 is 9.46 Å². The SMILES string of the molecule is CCN(C)CCCCCCOc1ccc(-c2cc(Br)ccc2S(=O)(=O)NC)cc1. The number of nitrogens with one attached hydrogen (secondary N) is 1. The smallest absolute Gasteiger partial charge is 0.240 e. The molecule has 0 radical (unpaired) electrons. The predicted molar refractivity (Wildman–Crippen MR) is 123 cm³/mol. The van der Waals surface area contributed by atoms with Gasteiger partial charge in [-0.05, 0) is 75.9 Å². The van der Waals surface area contributed by atoms with Crippen LogP contribution in [0, 0.1) is 0 Å². The second-order valence-electron chi connectivity index (χ2n) is 7.03. The number of hydrogen-bond acceptors (Lipinski definition) is 4. The molecule has 160 valence electrons. The van der Waals surface area contributed by atoms with Crippen LogP contribution in [0.3, 0.4) is 0 Å². The summed E-state index contributed by atoms with van der Waals surface area (Å²) < 4.78 is 33.7. The number of sulfonamides is 1. The molecule has 0 aliphatic heterocycles. The maximum Gasteiger partial charge on any atom is 0.240 e. The fraction of sp³-hybridized carbons (Fsp3) is 0.455. The van der Waals surface area contributed by atoms with Crippen molar-refractivity contribution in [3.8, 4) is 16.9 Å². The zero-order valence-corrected chi connectivity index (χ0v) is 19.9. The summed E-state index contributed by atoms with van der Waals surface area (Å²) in [7, 11) is 0.0261. The highest BCUT2D eigenvalue weighted by molar-refractivity contribution is 9.10. The van der Waals surface area contributed by atoms with Crippen LogP contribution in [0.1, 0.15) is 32.6 Å². The molecule has 0 saturated heterocycles. The van der Waals surface area contributed by atoms with Crippen molar-refractivity contribution in [2.45, 2.75) is 37.5 Å². The van der Waals surface area contributed by atoms with Gasteiger partial charge in [-0.2, -0.15) is 0 Å². The molecule has 0 atom stereocenters. The van der Waals surface area contributed by atoms with Gasteiger partial charge in [0.15, 0.2) is 0 Å². The van der Waals surface area contributed by atoms with Crippen LogP contribution in [0.2, 0.25) is 0 Å². The zero-order chi connectivity index (χ0) is 21.3. The minimum Gasteiger partial charge on any atom is -0.494 e. The van der Waals surface area contributed by atoms with Crippen molar-refractivity contribution in [2.75, 3.05) is 33.8 Å². The van der Waals surface area contributed by atoms with Crippen LogP contribution in [0.15, 0.2) is 51.8 Å². The van der Waals surface area contributed by atoms with Crippen molar-refractivity contribution in [1.29, 1.82) is 0 Å². The molecule has 0 aliphatic rings. The van der Waals surface area contributed by atoms with E-state index in [1.807, 2.05) is 30.3 Å². The predicted octanol–water partition coefficient (Wildman–Crippen LogP) is 4.92. The Bertz CT molecular complexity index is 870. The summed E-state index contributed by atoms with van der Waals surface area (Å²) in [5.74, 6) is 0.799. The number of nitrogens with zero attached hydrogens (tertiary/aromatic N) is 1. The third kappa shape index (κ3) is 7.41. The lowest BCUT2D eigenvalue weighted by Gasteiger charge is -2.13. The molecule has 2 rings (SSSR count). The van der Waals surface area contributed by atoms with E-state index in [0.29, 0.717) is 12.2 Å². The topological polar surface area (TPSA) is 58.6 Å². The summed E-state index contributed by atoms with van der Waals surface area (Å²) in [6.07, 6.45) is 4.65. The second-order valence-corrected chi connectivity index (χ2v) is 9.80. The molecule has 0 aliphatic carbocycles. The lowest BCUT2D eigenvalue weighted by atomic mass is 10.1. The van der Waals surface area contributed by atoms with Crippen LogP contribution in [0.4, 0.5) is 0 Å². The summed E-state index contributed by atoms with van der Waals surface area (Å²) in [4.78, 5) is 2.59. The molecule has 29 heavy (non-hydrogen) atoms. The fourth-order valence-electron chi connectivity index (χ4n) is 2.99. The van der Waals surface area contributed by atoms with Gasteiger partial charge in [0, 0.05) is 10.0 Å². The Morgan fingerprint density at radius 3 is 2.38 bits per heavy atom. The normalized spacial score (nSPS) is 11.8. The number of hydrogen-bond donors (Lipinski definition) is 1. The highest BCUT2D eigenvalue weighted by Crippen LogP contribution is 2.31. The van der Waals surface area contributed by atoms with Gasteiger partial charge in [0.2, 0.25) is 10.0 Å². The molecule has 7 heteroatoms. The van der Waals surface area contributed by atoms with E-state index in [-0.39, 0.29) is 4.90 Å². The first-order valence-corrected chi connectivity index (χ1v) is 12.3. The van der Waals surface area contributed by atoms with Gasteiger partial charge >= 0.3 is 0 Å². The fourth-order valence-corrected chi connectivity index (χ4v) is 4.28. The molecule has 0 fully saturated rings. The number of unbranched alkanes of at least 4 members (excludes halogenated alkanes) is 3. The molecule has 0 spiro atoms. The van der Waals surface area contributed by atoms with E-state index in [1.165, 1.54) is 26.3 Å². The van der Waals surface area contributed by atoms with Crippen molar-refractivity contribution in [3.63, 3.8) is 0 Å². The summed E-state index contributed by atoms with van der Waals surface area (Å²) in [5, 5.41) is 0. The van der Waals surface area contributed by atoms with Gasteiger partial charge in [-0.3, -0.25) is 0 Å². The van der Waals surface area contributed by atoms with E-state index >= 15 is 0 Å². The standard InChI is InChI=1S/C22H31BrN2O3S/c1-4-25(3)15-7-5-6-8-16-28-20-12-9-18(10-13-20)21-17-19(23)11-14-22(21)29(26,27)24-2/h9-14,17,24H,4-8,15-16H2,1-3H3. The average molecular weight is 483 g/mol. The van der Waals surface area contributed by atoms with Crippen LogP contribution in [-0.4, -0.2) is 47.1 Å². The monoisotopic (exact) mass is 482 g/mol. The summed E-state index contributed by atoms with van der Waals surface area (Å²) in [6, 6.07) is 12.7. The van der Waals surface area contributed by atoms with E-state index in [0.717, 1.165) is 35.3 Å². The Labute approximate surface area is 183 Å². The molecule has 0 aromatic heterocycles. The minimum atomic E-state index is -3.54. The Kier molecular flexibility index (Phi) is 9.62. The van der Waals surface area contributed by atoms with Gasteiger partial charge < -0.3 is 9.64 Å². The van der Waals surface area contributed by atoms with Gasteiger partial charge in [0.05, 0.1) is 11.5 Å². The van der Waals surface area contributed by atoms with E-state index in [9.17, 15) is 8.42 Å². The first-order chi connectivity index (χ1) is 13.9. The van der Waals surface area contributed by atoms with Gasteiger partial charge in [-0.1, -0.05) is 47.8 Å². The maximum absolute atomic E-state index is 12.3. The van der Waals surface area contributed by atoms with E-state index in [2.05, 4.69) is 39.5 Å². The Balaban J connectivity index is 1.92. The Morgan fingerprint density at radius 1 is 1.03 bits per heavy atom. The van der Waals surface area contributed by atoms with Crippen molar-refractivity contribution >= 4 is 26.0 Å². The molecule has 0 heterocycles. The molecule has 5 nitrogen and oxygen atoms in total. The Hall–Kier alpha value is -1.41. The molecule has 0 unspecified atom stereocenters. The molecular formula is C22H31BrN2O3S. The molecule has 0 bridgehead atoms. The van der Waals surface area contributed by atoms with Crippen molar-refractivity contribution < 1.29 is 13.2 Å². The quantitative estimate of drug-likeness (QED) is 0.436. The van der Waals surface area contributed by atoms with Gasteiger partial charge in [-0.15, -0.1) is 0 Å². The summed E-state index contributed by atoms with van der Waals surface area (Å²) in [5.41, 5.74) is 1.48. The van der Waals surface area contributed by atoms with Gasteiger partial charge in [-0.25, -0.2) is 13.1 Å². The maximum atomic E-state index is 12.3. The minimum absolute atomic E-state index is 0.255. The van der Waals surface area contributed by atoms with Crippen LogP contribution in [-0.2, 0) is 10.0 Å². The van der Waals surface area contributed by atoms with Crippen molar-refractivity contribution in [2.24, 2.45) is 0 Å². The summed E-state index contributed by atoms with van der Waals surface area (Å²) in [6.45, 7) is 5.12. The lowest BCUT2D eigenvalue weighted by Crippen LogP contribution is -2.19. The highest BCUT2D eigenvalue weighted by Gasteiger charge is 2.18. The van der Waals surface area contributed by atoms with E-state index in [1.54, 1.807) is 12.1 Å². The molecular weight excluding hydrogens is 452 g/mol. The van der Waals surface area contributed by atoms with Crippen molar-refractivity contribution in [3.05, 3.63) is 46.9 Å². The van der Waals surface area contributed by atoms with E-state index in [4.69, 9.17) is 4.74 Å². The first-order valence-electron chi connectivity index (χ1n) is 10.0. The number of rotatable bonds is 12. The first kappa shape index (κ1) is 23.9. The van der Waals surface area contributed by atoms with Crippen LogP contribution in [0.25, 0.3) is 11.1 Å². The molecule has 0 saturated carbocycles. The van der Waals surface area contributed by atoms with Crippen LogP contribution in [0.5, 0.6) is 5.75 Å². The third-order valence-electron chi connectivity index (χ3n) is 4.91. The number of halogens is 1. The largest absolute Gasteiger partial charge is 0.494 e. The van der Waals surface area contributed by atoms with E-state index < -0.39 is 10.0 Å². The van der Waals surface area contributed by atoms with Crippen molar-refractivity contribution in [1.82, 2.24) is 9.62 Å². The third-order valence-corrected chi connectivity index (χ3v) is 6.87. The van der Waals surface area contributed by atoms with Gasteiger partial charge in [0.1, 0.15) is 5.75 Å². The highest BCUT2D eigenvalue weighted by atomic mass is 79.9. The molecule has 2 aromatic carbocycles. The molecule has 1 N–H and O–H groups in total. The average Bonchev–Trinajstić information content (AvgIpc) is 2.73. The van der Waals surface area contributed by atoms with Crippen LogP contribution >= 0.6 is 15.9 Å². The number of ether oxygens (including phenoxy) is 1. The zero-order valence-electron chi connectivity index (χ0n) is 17.4. The lowest BCUT2D eigenvalue weighted by molar-refractivity contribution is 0.299. The molecule has 0 amide bonds. The second kappa shape index (κ2) is 11.7. The number of benzene rings is 2. The Morgan fingerprint density at radius 2 is 1.72 bits per heavy atom. The van der Waals surface area contributed by atoms with Gasteiger partial charge in [0.25, 0.3) is 0 Å². The molecule has 2 aromatic rings.